The van der Waals surface area contributed by atoms with Gasteiger partial charge in [0.15, 0.2) is 0 Å². The van der Waals surface area contributed by atoms with Crippen molar-refractivity contribution in [1.82, 2.24) is 14.8 Å². The fraction of sp³-hybridized carbons (Fsp3) is 0.667. The van der Waals surface area contributed by atoms with Crippen LogP contribution in [0.2, 0.25) is 0 Å². The Bertz CT molecular complexity index is 533. The molecule has 0 aromatic carbocycles. The highest BCUT2D eigenvalue weighted by Crippen LogP contribution is 2.46. The summed E-state index contributed by atoms with van der Waals surface area (Å²) in [7, 11) is 0. The summed E-state index contributed by atoms with van der Waals surface area (Å²) in [5.74, 6) is -0.475. The van der Waals surface area contributed by atoms with E-state index in [0.29, 0.717) is 6.42 Å². The van der Waals surface area contributed by atoms with Crippen molar-refractivity contribution in [1.29, 1.82) is 5.26 Å². The Balaban J connectivity index is 2.04. The summed E-state index contributed by atoms with van der Waals surface area (Å²) in [6, 6.07) is 2.00. The molecule has 2 atom stereocenters. The Hall–Kier alpha value is -2.17. The Labute approximate surface area is 96.0 Å². The van der Waals surface area contributed by atoms with Crippen molar-refractivity contribution in [2.45, 2.75) is 37.3 Å². The van der Waals surface area contributed by atoms with Crippen LogP contribution in [-0.2, 0) is 0 Å². The molecule has 1 aromatic rings. The second kappa shape index (κ2) is 3.16. The van der Waals surface area contributed by atoms with Crippen LogP contribution in [0.4, 0.5) is 5.95 Å². The maximum Gasteiger partial charge on any atom is 0.494 e. The van der Waals surface area contributed by atoms with Gasteiger partial charge in [-0.05, 0) is 22.7 Å². The van der Waals surface area contributed by atoms with Gasteiger partial charge >= 0.3 is 12.0 Å². The van der Waals surface area contributed by atoms with Crippen LogP contribution in [0.1, 0.15) is 31.7 Å². The quantitative estimate of drug-likeness (QED) is 0.529. The van der Waals surface area contributed by atoms with Crippen molar-refractivity contribution >= 4 is 5.95 Å². The molecule has 0 saturated heterocycles. The van der Waals surface area contributed by atoms with E-state index in [2.05, 4.69) is 16.2 Å². The van der Waals surface area contributed by atoms with Crippen LogP contribution in [0.5, 0.6) is 6.01 Å². The summed E-state index contributed by atoms with van der Waals surface area (Å²) in [4.78, 5) is 13.6. The van der Waals surface area contributed by atoms with Gasteiger partial charge in [-0.2, -0.15) is 5.26 Å². The van der Waals surface area contributed by atoms with E-state index in [1.54, 1.807) is 0 Å². The van der Waals surface area contributed by atoms with Crippen molar-refractivity contribution in [3.8, 4) is 12.1 Å². The molecular weight excluding hydrogens is 226 g/mol. The molecule has 2 heterocycles. The predicted octanol–water partition coefficient (Wildman–Crippen LogP) is 0.956. The lowest BCUT2D eigenvalue weighted by atomic mass is 9.82. The number of rotatable bonds is 1. The number of nitriles is 1. The van der Waals surface area contributed by atoms with E-state index in [9.17, 15) is 15.4 Å². The standard InChI is InChI=1S/C9H9N5O3/c10-5-9-4-2-1-3-6(9)13-8(17-9)11-7(12-13)14(15)16/h6H,1-4H2/t6-,9-/m0/s1. The third kappa shape index (κ3) is 1.22. The summed E-state index contributed by atoms with van der Waals surface area (Å²) in [5, 5.41) is 23.6. The van der Waals surface area contributed by atoms with E-state index in [4.69, 9.17) is 4.74 Å². The Kier molecular flexibility index (Phi) is 1.86. The number of nitrogens with zero attached hydrogens (tertiary/aromatic N) is 5. The van der Waals surface area contributed by atoms with Crippen LogP contribution in [-0.4, -0.2) is 25.3 Å². The van der Waals surface area contributed by atoms with E-state index in [1.165, 1.54) is 4.68 Å². The van der Waals surface area contributed by atoms with E-state index in [-0.39, 0.29) is 12.1 Å². The van der Waals surface area contributed by atoms with E-state index in [1.807, 2.05) is 0 Å². The second-order valence-electron chi connectivity index (χ2n) is 4.26. The van der Waals surface area contributed by atoms with Crippen LogP contribution in [0.15, 0.2) is 0 Å². The number of aromatic nitrogens is 3. The van der Waals surface area contributed by atoms with Gasteiger partial charge in [0.1, 0.15) is 12.1 Å². The Morgan fingerprint density at radius 3 is 3.18 bits per heavy atom. The molecule has 0 amide bonds. The van der Waals surface area contributed by atoms with Crippen LogP contribution in [0.25, 0.3) is 0 Å². The van der Waals surface area contributed by atoms with Gasteiger partial charge in [0, 0.05) is 11.5 Å². The zero-order chi connectivity index (χ0) is 12.0. The van der Waals surface area contributed by atoms with Crippen LogP contribution >= 0.6 is 0 Å². The molecular formula is C9H9N5O3. The van der Waals surface area contributed by atoms with Crippen molar-refractivity contribution in [3.05, 3.63) is 10.1 Å². The number of ether oxygens (including phenoxy) is 1. The Morgan fingerprint density at radius 1 is 1.65 bits per heavy atom. The lowest BCUT2D eigenvalue weighted by molar-refractivity contribution is -0.394. The van der Waals surface area contributed by atoms with Gasteiger partial charge < -0.3 is 14.9 Å². The molecule has 1 aliphatic carbocycles. The molecule has 1 aromatic heterocycles. The van der Waals surface area contributed by atoms with Crippen molar-refractivity contribution in [2.75, 3.05) is 0 Å². The van der Waals surface area contributed by atoms with Gasteiger partial charge in [0.05, 0.1) is 0 Å². The molecule has 2 aliphatic rings. The fourth-order valence-electron chi connectivity index (χ4n) is 2.53. The van der Waals surface area contributed by atoms with Crippen molar-refractivity contribution < 1.29 is 9.66 Å². The summed E-state index contributed by atoms with van der Waals surface area (Å²) in [5.41, 5.74) is -0.928. The second-order valence-corrected chi connectivity index (χ2v) is 4.26. The molecule has 3 rings (SSSR count). The molecule has 0 spiro atoms. The normalized spacial score (nSPS) is 29.9. The zero-order valence-corrected chi connectivity index (χ0v) is 8.87. The molecule has 0 N–H and O–H groups in total. The summed E-state index contributed by atoms with van der Waals surface area (Å²) >= 11 is 0. The molecule has 1 saturated carbocycles. The molecule has 8 heteroatoms. The lowest BCUT2D eigenvalue weighted by Crippen LogP contribution is -2.40. The molecule has 17 heavy (non-hydrogen) atoms. The lowest BCUT2D eigenvalue weighted by Gasteiger charge is -2.29. The van der Waals surface area contributed by atoms with Gasteiger partial charge in [-0.1, -0.05) is 6.42 Å². The topological polar surface area (TPSA) is 107 Å². The average molecular weight is 235 g/mol. The fourth-order valence-corrected chi connectivity index (χ4v) is 2.53. The molecule has 88 valence electrons. The highest BCUT2D eigenvalue weighted by Gasteiger charge is 2.55. The van der Waals surface area contributed by atoms with E-state index >= 15 is 0 Å². The average Bonchev–Trinajstić information content (AvgIpc) is 2.84. The van der Waals surface area contributed by atoms with Gasteiger partial charge in [0.25, 0.3) is 0 Å². The first kappa shape index (κ1) is 10.0. The van der Waals surface area contributed by atoms with Gasteiger partial charge in [-0.3, -0.25) is 0 Å². The van der Waals surface area contributed by atoms with Crippen LogP contribution in [0.3, 0.4) is 0 Å². The maximum atomic E-state index is 10.6. The first-order valence-corrected chi connectivity index (χ1v) is 5.37. The Morgan fingerprint density at radius 2 is 2.47 bits per heavy atom. The minimum atomic E-state index is -0.928. The third-order valence-corrected chi connectivity index (χ3v) is 3.32. The van der Waals surface area contributed by atoms with Crippen LogP contribution < -0.4 is 4.74 Å². The summed E-state index contributed by atoms with van der Waals surface area (Å²) < 4.78 is 6.89. The van der Waals surface area contributed by atoms with Crippen LogP contribution in [0, 0.1) is 21.4 Å². The first-order valence-electron chi connectivity index (χ1n) is 5.37. The highest BCUT2D eigenvalue weighted by atomic mass is 16.6. The zero-order valence-electron chi connectivity index (χ0n) is 8.87. The third-order valence-electron chi connectivity index (χ3n) is 3.32. The van der Waals surface area contributed by atoms with Crippen molar-refractivity contribution in [3.63, 3.8) is 0 Å². The SMILES string of the molecule is N#C[C@@]12CCCC[C@@H]1n1nc([N+](=O)[O-])nc1O2. The maximum absolute atomic E-state index is 10.6. The monoisotopic (exact) mass is 235 g/mol. The van der Waals surface area contributed by atoms with Gasteiger partial charge in [-0.15, -0.1) is 4.68 Å². The molecule has 1 aliphatic heterocycles. The minimum Gasteiger partial charge on any atom is -0.426 e. The summed E-state index contributed by atoms with van der Waals surface area (Å²) in [6.45, 7) is 0. The summed E-state index contributed by atoms with van der Waals surface area (Å²) in [6.07, 6.45) is 3.23. The van der Waals surface area contributed by atoms with Crippen molar-refractivity contribution in [2.24, 2.45) is 0 Å². The molecule has 0 radical (unpaired) electrons. The largest absolute Gasteiger partial charge is 0.494 e. The van der Waals surface area contributed by atoms with E-state index < -0.39 is 16.5 Å². The predicted molar refractivity (Wildman–Crippen MR) is 53.2 cm³/mol. The van der Waals surface area contributed by atoms with Gasteiger partial charge in [0.2, 0.25) is 5.60 Å². The van der Waals surface area contributed by atoms with Gasteiger partial charge in [-0.25, -0.2) is 0 Å². The number of nitro groups is 1. The highest BCUT2D eigenvalue weighted by molar-refractivity contribution is 5.24. The molecule has 0 unspecified atom stereocenters. The minimum absolute atomic E-state index is 0.0881. The smallest absolute Gasteiger partial charge is 0.426 e. The first-order chi connectivity index (χ1) is 8.16. The molecule has 0 bridgehead atoms. The molecule has 8 nitrogen and oxygen atoms in total. The van der Waals surface area contributed by atoms with E-state index in [0.717, 1.165) is 19.3 Å². The number of fused-ring (bicyclic) bond motifs is 3. The number of hydrogen-bond donors (Lipinski definition) is 0. The number of hydrogen-bond acceptors (Lipinski definition) is 6. The molecule has 1 fully saturated rings.